The third-order valence-corrected chi connectivity index (χ3v) is 8.09. The molecule has 200 valence electrons. The second-order valence-electron chi connectivity index (χ2n) is 9.44. The molecule has 1 aliphatic rings. The van der Waals surface area contributed by atoms with Gasteiger partial charge in [0.1, 0.15) is 16.2 Å². The largest absolute Gasteiger partial charge is 0.387 e. The first-order chi connectivity index (χ1) is 19.1. The van der Waals surface area contributed by atoms with Crippen LogP contribution in [0.3, 0.4) is 0 Å². The van der Waals surface area contributed by atoms with Crippen LogP contribution in [-0.4, -0.2) is 66.3 Å². The number of fused-ring (bicyclic) bond motifs is 5. The van der Waals surface area contributed by atoms with Crippen LogP contribution >= 0.6 is 11.3 Å². The number of nitrogens with zero attached hydrogens (tertiary/aromatic N) is 3. The first-order valence-electron chi connectivity index (χ1n) is 13.0. The third kappa shape index (κ3) is 4.99. The van der Waals surface area contributed by atoms with Gasteiger partial charge in [-0.1, -0.05) is 42.5 Å². The summed E-state index contributed by atoms with van der Waals surface area (Å²) in [4.78, 5) is 34.7. The fourth-order valence-electron chi connectivity index (χ4n) is 4.93. The van der Waals surface area contributed by atoms with Crippen LogP contribution < -0.4 is 21.0 Å². The number of ether oxygens (including phenoxy) is 1. The lowest BCUT2D eigenvalue weighted by atomic mass is 10.1. The zero-order valence-corrected chi connectivity index (χ0v) is 22.1. The first-order valence-corrected chi connectivity index (χ1v) is 13.8. The number of pyridine rings is 2. The lowest BCUT2D eigenvalue weighted by Crippen LogP contribution is -2.37. The van der Waals surface area contributed by atoms with Gasteiger partial charge in [-0.3, -0.25) is 14.0 Å². The molecule has 10 heteroatoms. The summed E-state index contributed by atoms with van der Waals surface area (Å²) >= 11 is 1.41. The highest BCUT2D eigenvalue weighted by Crippen LogP contribution is 2.31. The number of benzene rings is 2. The topological polar surface area (TPSA) is 108 Å². The van der Waals surface area contributed by atoms with E-state index in [9.17, 15) is 14.7 Å². The summed E-state index contributed by atoms with van der Waals surface area (Å²) in [5, 5.41) is 16.8. The molecule has 3 aromatic heterocycles. The zero-order chi connectivity index (χ0) is 26.8. The SMILES string of the molecule is O=C(NCCNCC(O)c1ccccc1)c1c(=O)c2ccc(N3CCOCC3)nc2n2c1sc1ccccc12. The van der Waals surface area contributed by atoms with Crippen molar-refractivity contribution in [2.75, 3.05) is 50.8 Å². The van der Waals surface area contributed by atoms with E-state index in [4.69, 9.17) is 9.72 Å². The molecular formula is C29H29N5O4S. The number of amides is 1. The minimum atomic E-state index is -0.639. The Morgan fingerprint density at radius 3 is 2.62 bits per heavy atom. The number of hydrogen-bond donors (Lipinski definition) is 3. The maximum absolute atomic E-state index is 13.7. The van der Waals surface area contributed by atoms with Gasteiger partial charge in [-0.05, 0) is 29.8 Å². The van der Waals surface area contributed by atoms with Crippen LogP contribution in [0.4, 0.5) is 5.82 Å². The van der Waals surface area contributed by atoms with Crippen LogP contribution in [0.1, 0.15) is 22.0 Å². The highest BCUT2D eigenvalue weighted by Gasteiger charge is 2.23. The van der Waals surface area contributed by atoms with E-state index < -0.39 is 12.0 Å². The number of rotatable bonds is 8. The Hall–Kier alpha value is -3.83. The molecular weight excluding hydrogens is 514 g/mol. The van der Waals surface area contributed by atoms with Gasteiger partial charge < -0.3 is 25.4 Å². The van der Waals surface area contributed by atoms with E-state index in [2.05, 4.69) is 15.5 Å². The van der Waals surface area contributed by atoms with Crippen LogP contribution in [0, 0.1) is 0 Å². The van der Waals surface area contributed by atoms with Gasteiger partial charge in [0.2, 0.25) is 5.43 Å². The van der Waals surface area contributed by atoms with Crippen molar-refractivity contribution in [3.8, 4) is 0 Å². The number of carbonyl (C=O) groups is 1. The Labute approximate surface area is 228 Å². The molecule has 1 fully saturated rings. The van der Waals surface area contributed by atoms with Crippen LogP contribution in [0.2, 0.25) is 0 Å². The molecule has 39 heavy (non-hydrogen) atoms. The van der Waals surface area contributed by atoms with E-state index >= 15 is 0 Å². The molecule has 1 aliphatic heterocycles. The van der Waals surface area contributed by atoms with E-state index in [0.717, 1.165) is 34.7 Å². The standard InChI is InChI=1S/C29H29N5O4S/c35-22(19-6-2-1-3-7-19)18-30-12-13-31-28(37)25-26(36)20-10-11-24(33-14-16-38-17-15-33)32-27(20)34-21-8-4-5-9-23(21)39-29(25)34/h1-11,22,30,35H,12-18H2,(H,31,37). The van der Waals surface area contributed by atoms with Crippen molar-refractivity contribution in [3.63, 3.8) is 0 Å². The zero-order valence-electron chi connectivity index (χ0n) is 21.3. The molecule has 5 aromatic rings. The Bertz CT molecular complexity index is 1690. The number of para-hydroxylation sites is 1. The highest BCUT2D eigenvalue weighted by molar-refractivity contribution is 7.24. The molecule has 0 radical (unpaired) electrons. The molecule has 6 rings (SSSR count). The van der Waals surface area contributed by atoms with Crippen molar-refractivity contribution in [2.45, 2.75) is 6.10 Å². The number of aromatic nitrogens is 2. The lowest BCUT2D eigenvalue weighted by Gasteiger charge is -2.27. The van der Waals surface area contributed by atoms with Gasteiger partial charge >= 0.3 is 0 Å². The third-order valence-electron chi connectivity index (χ3n) is 6.95. The number of aliphatic hydroxyl groups is 1. The van der Waals surface area contributed by atoms with E-state index in [-0.39, 0.29) is 11.0 Å². The van der Waals surface area contributed by atoms with Crippen LogP contribution in [-0.2, 0) is 4.74 Å². The number of thiazole rings is 1. The van der Waals surface area contributed by atoms with E-state index in [1.54, 1.807) is 6.07 Å². The van der Waals surface area contributed by atoms with E-state index in [0.29, 0.717) is 48.7 Å². The molecule has 1 amide bonds. The molecule has 2 aromatic carbocycles. The van der Waals surface area contributed by atoms with Gasteiger partial charge in [0.05, 0.1) is 34.9 Å². The molecule has 0 spiro atoms. The van der Waals surface area contributed by atoms with Gasteiger partial charge in [0.25, 0.3) is 5.91 Å². The Kier molecular flexibility index (Phi) is 7.25. The fraction of sp³-hybridized carbons (Fsp3) is 0.276. The van der Waals surface area contributed by atoms with Crippen molar-refractivity contribution in [1.29, 1.82) is 0 Å². The number of carbonyl (C=O) groups excluding carboxylic acids is 1. The fourth-order valence-corrected chi connectivity index (χ4v) is 6.11. The number of anilines is 1. The predicted molar refractivity (Wildman–Crippen MR) is 154 cm³/mol. The van der Waals surface area contributed by atoms with Crippen LogP contribution in [0.15, 0.2) is 71.5 Å². The molecule has 4 heterocycles. The van der Waals surface area contributed by atoms with Gasteiger partial charge in [-0.25, -0.2) is 4.98 Å². The lowest BCUT2D eigenvalue weighted by molar-refractivity contribution is 0.0954. The average Bonchev–Trinajstić information content (AvgIpc) is 3.37. The summed E-state index contributed by atoms with van der Waals surface area (Å²) < 4.78 is 8.38. The molecule has 9 nitrogen and oxygen atoms in total. The van der Waals surface area contributed by atoms with Crippen LogP contribution in [0.25, 0.3) is 26.1 Å². The van der Waals surface area contributed by atoms with Crippen molar-refractivity contribution in [3.05, 3.63) is 88.1 Å². The predicted octanol–water partition coefficient (Wildman–Crippen LogP) is 2.95. The summed E-state index contributed by atoms with van der Waals surface area (Å²) in [6.07, 6.45) is -0.639. The number of hydrogen-bond acceptors (Lipinski definition) is 8. The second-order valence-corrected chi connectivity index (χ2v) is 10.5. The maximum Gasteiger partial charge on any atom is 0.258 e. The molecule has 0 bridgehead atoms. The average molecular weight is 544 g/mol. The monoisotopic (exact) mass is 543 g/mol. The Balaban J connectivity index is 1.28. The maximum atomic E-state index is 13.7. The smallest absolute Gasteiger partial charge is 0.258 e. The quantitative estimate of drug-likeness (QED) is 0.258. The van der Waals surface area contributed by atoms with Gasteiger partial charge in [-0.2, -0.15) is 0 Å². The molecule has 1 saturated heterocycles. The van der Waals surface area contributed by atoms with Gasteiger partial charge in [-0.15, -0.1) is 11.3 Å². The summed E-state index contributed by atoms with van der Waals surface area (Å²) in [6, 6.07) is 20.9. The summed E-state index contributed by atoms with van der Waals surface area (Å²) in [5.41, 5.74) is 2.07. The highest BCUT2D eigenvalue weighted by atomic mass is 32.1. The van der Waals surface area contributed by atoms with Crippen molar-refractivity contribution in [1.82, 2.24) is 20.0 Å². The van der Waals surface area contributed by atoms with Crippen molar-refractivity contribution >= 4 is 49.1 Å². The minimum Gasteiger partial charge on any atom is -0.387 e. The van der Waals surface area contributed by atoms with E-state index in [1.807, 2.05) is 65.1 Å². The number of aliphatic hydroxyl groups excluding tert-OH is 1. The summed E-state index contributed by atoms with van der Waals surface area (Å²) in [7, 11) is 0. The Morgan fingerprint density at radius 1 is 1.03 bits per heavy atom. The molecule has 3 N–H and O–H groups in total. The van der Waals surface area contributed by atoms with Crippen molar-refractivity contribution in [2.24, 2.45) is 0 Å². The summed E-state index contributed by atoms with van der Waals surface area (Å²) in [5.74, 6) is 0.365. The number of nitrogens with one attached hydrogen (secondary N) is 2. The van der Waals surface area contributed by atoms with Crippen LogP contribution in [0.5, 0.6) is 0 Å². The molecule has 1 unspecified atom stereocenters. The normalized spacial score (nSPS) is 14.7. The first kappa shape index (κ1) is 25.4. The summed E-state index contributed by atoms with van der Waals surface area (Å²) in [6.45, 7) is 3.85. The second kappa shape index (κ2) is 11.1. The molecule has 1 atom stereocenters. The van der Waals surface area contributed by atoms with Crippen molar-refractivity contribution < 1.29 is 14.6 Å². The minimum absolute atomic E-state index is 0.119. The van der Waals surface area contributed by atoms with E-state index in [1.165, 1.54) is 11.3 Å². The van der Waals surface area contributed by atoms with Gasteiger partial charge in [0.15, 0.2) is 5.65 Å². The molecule has 0 aliphatic carbocycles. The Morgan fingerprint density at radius 2 is 1.79 bits per heavy atom. The van der Waals surface area contributed by atoms with Gasteiger partial charge in [0, 0.05) is 32.7 Å². The number of morpholine rings is 1. The molecule has 0 saturated carbocycles.